The molecule has 0 saturated carbocycles. The number of hydrogen-bond acceptors (Lipinski definition) is 7. The van der Waals surface area contributed by atoms with Crippen LogP contribution < -0.4 is 5.84 Å². The van der Waals surface area contributed by atoms with E-state index < -0.39 is 0 Å². The Bertz CT molecular complexity index is 1210. The molecule has 3 heterocycles. The fraction of sp³-hybridized carbons (Fsp3) is 0.238. The average Bonchev–Trinajstić information content (AvgIpc) is 3.28. The minimum Gasteiger partial charge on any atom is -0.336 e. The van der Waals surface area contributed by atoms with E-state index in [0.717, 1.165) is 33.6 Å². The van der Waals surface area contributed by atoms with E-state index in [1.54, 1.807) is 11.3 Å². The fourth-order valence-corrected chi connectivity index (χ4v) is 5.81. The van der Waals surface area contributed by atoms with Crippen LogP contribution in [0.2, 0.25) is 0 Å². The molecule has 0 amide bonds. The lowest BCUT2D eigenvalue weighted by molar-refractivity contribution is 0.699. The number of nitrogen functional groups attached to an aromatic ring is 1. The van der Waals surface area contributed by atoms with E-state index in [1.807, 2.05) is 37.3 Å². The zero-order valence-corrected chi connectivity index (χ0v) is 17.6. The van der Waals surface area contributed by atoms with E-state index in [-0.39, 0.29) is 0 Å². The molecule has 0 spiro atoms. The minimum absolute atomic E-state index is 0.635. The van der Waals surface area contributed by atoms with Gasteiger partial charge in [0.25, 0.3) is 0 Å². The van der Waals surface area contributed by atoms with Crippen LogP contribution >= 0.6 is 23.1 Å². The van der Waals surface area contributed by atoms with Gasteiger partial charge in [-0.25, -0.2) is 14.6 Å². The van der Waals surface area contributed by atoms with Crippen LogP contribution in [0.1, 0.15) is 40.5 Å². The Kier molecular flexibility index (Phi) is 4.81. The van der Waals surface area contributed by atoms with Crippen molar-refractivity contribution in [2.75, 3.05) is 5.84 Å². The largest absolute Gasteiger partial charge is 0.336 e. The predicted molar refractivity (Wildman–Crippen MR) is 118 cm³/mol. The molecule has 2 N–H and O–H groups in total. The van der Waals surface area contributed by atoms with E-state index in [9.17, 15) is 0 Å². The molecule has 0 bridgehead atoms. The van der Waals surface area contributed by atoms with Crippen molar-refractivity contribution in [1.82, 2.24) is 24.8 Å². The predicted octanol–water partition coefficient (Wildman–Crippen LogP) is 4.51. The summed E-state index contributed by atoms with van der Waals surface area (Å²) in [6.45, 7) is 1.84. The summed E-state index contributed by atoms with van der Waals surface area (Å²) in [5.41, 5.74) is 2.52. The Hall–Kier alpha value is -2.71. The molecule has 6 nitrogen and oxygen atoms in total. The maximum atomic E-state index is 6.10. The van der Waals surface area contributed by atoms with Crippen molar-refractivity contribution in [2.24, 2.45) is 0 Å². The third-order valence-corrected chi connectivity index (χ3v) is 7.18. The zero-order valence-electron chi connectivity index (χ0n) is 16.0. The van der Waals surface area contributed by atoms with Gasteiger partial charge in [0.2, 0.25) is 5.16 Å². The lowest BCUT2D eigenvalue weighted by atomic mass is 9.97. The molecule has 0 saturated heterocycles. The van der Waals surface area contributed by atoms with Crippen LogP contribution in [0.15, 0.2) is 40.5 Å². The monoisotopic (exact) mass is 420 g/mol. The summed E-state index contributed by atoms with van der Waals surface area (Å²) in [5, 5.41) is 11.0. The molecule has 1 aromatic carbocycles. The van der Waals surface area contributed by atoms with Crippen molar-refractivity contribution in [1.29, 1.82) is 0 Å². The lowest BCUT2D eigenvalue weighted by Gasteiger charge is -2.11. The van der Waals surface area contributed by atoms with Gasteiger partial charge in [-0.1, -0.05) is 36.4 Å². The van der Waals surface area contributed by atoms with E-state index in [4.69, 9.17) is 15.8 Å². The van der Waals surface area contributed by atoms with Crippen molar-refractivity contribution in [3.8, 4) is 0 Å². The summed E-state index contributed by atoms with van der Waals surface area (Å²) in [7, 11) is 0. The SMILES string of the molecule is Cc1nnc(Sc2nc(/C=C/c3ccccc3)nc3sc4c(c23)CCCC4)n1N. The smallest absolute Gasteiger partial charge is 0.216 e. The average molecular weight is 421 g/mol. The quantitative estimate of drug-likeness (QED) is 0.386. The van der Waals surface area contributed by atoms with Gasteiger partial charge in [0.1, 0.15) is 15.7 Å². The molecular weight excluding hydrogens is 400 g/mol. The third kappa shape index (κ3) is 3.54. The number of hydrogen-bond donors (Lipinski definition) is 1. The second-order valence-corrected chi connectivity index (χ2v) is 9.06. The molecule has 1 aliphatic carbocycles. The highest BCUT2D eigenvalue weighted by molar-refractivity contribution is 7.99. The highest BCUT2D eigenvalue weighted by atomic mass is 32.2. The first-order valence-electron chi connectivity index (χ1n) is 9.59. The van der Waals surface area contributed by atoms with Gasteiger partial charge in [0.15, 0.2) is 5.82 Å². The Morgan fingerprint density at radius 1 is 1.07 bits per heavy atom. The molecule has 5 rings (SSSR count). The number of nitrogens with zero attached hydrogens (tertiary/aromatic N) is 5. The van der Waals surface area contributed by atoms with Crippen molar-refractivity contribution >= 4 is 45.5 Å². The second kappa shape index (κ2) is 7.61. The number of nitrogens with two attached hydrogens (primary N) is 1. The van der Waals surface area contributed by atoms with Crippen molar-refractivity contribution in [3.63, 3.8) is 0 Å². The van der Waals surface area contributed by atoms with Crippen LogP contribution in [-0.2, 0) is 12.8 Å². The van der Waals surface area contributed by atoms with Crippen molar-refractivity contribution in [3.05, 3.63) is 58.0 Å². The normalized spacial score (nSPS) is 14.0. The van der Waals surface area contributed by atoms with Gasteiger partial charge >= 0.3 is 0 Å². The molecule has 0 aliphatic heterocycles. The third-order valence-electron chi connectivity index (χ3n) is 5.05. The van der Waals surface area contributed by atoms with E-state index in [2.05, 4.69) is 22.3 Å². The van der Waals surface area contributed by atoms with Gasteiger partial charge in [0, 0.05) is 10.3 Å². The van der Waals surface area contributed by atoms with Gasteiger partial charge in [-0.05, 0) is 61.6 Å². The van der Waals surface area contributed by atoms with Crippen molar-refractivity contribution < 1.29 is 0 Å². The lowest BCUT2D eigenvalue weighted by Crippen LogP contribution is -2.11. The van der Waals surface area contributed by atoms with Crippen molar-refractivity contribution in [2.45, 2.75) is 42.8 Å². The molecule has 8 heteroatoms. The zero-order chi connectivity index (χ0) is 19.8. The van der Waals surface area contributed by atoms with Crippen LogP contribution in [0.4, 0.5) is 0 Å². The summed E-state index contributed by atoms with van der Waals surface area (Å²) in [6, 6.07) is 10.2. The molecule has 1 aliphatic rings. The molecule has 0 unspecified atom stereocenters. The van der Waals surface area contributed by atoms with E-state index >= 15 is 0 Å². The Balaban J connectivity index is 1.62. The highest BCUT2D eigenvalue weighted by Gasteiger charge is 2.22. The minimum atomic E-state index is 0.635. The number of thiophene rings is 1. The number of rotatable bonds is 4. The second-order valence-electron chi connectivity index (χ2n) is 7.02. The van der Waals surface area contributed by atoms with Crippen LogP contribution in [0.5, 0.6) is 0 Å². The number of fused-ring (bicyclic) bond motifs is 3. The summed E-state index contributed by atoms with van der Waals surface area (Å²) in [5.74, 6) is 7.47. The van der Waals surface area contributed by atoms with Crippen LogP contribution in [0, 0.1) is 6.92 Å². The number of benzene rings is 1. The molecule has 4 aromatic rings. The Morgan fingerprint density at radius 2 is 1.90 bits per heavy atom. The fourth-order valence-electron chi connectivity index (χ4n) is 3.53. The van der Waals surface area contributed by atoms with Gasteiger partial charge in [0.05, 0.1) is 0 Å². The number of aromatic nitrogens is 5. The summed E-state index contributed by atoms with van der Waals surface area (Å²) >= 11 is 3.26. The standard InChI is InChI=1S/C21H20N6S2/c1-13-25-26-21(27(13)22)29-20-18-15-9-5-6-10-16(15)28-19(18)23-17(24-20)12-11-14-7-3-2-4-8-14/h2-4,7-8,11-12H,5-6,9-10,22H2,1H3/b12-11+. The Labute approximate surface area is 176 Å². The van der Waals surface area contributed by atoms with E-state index in [0.29, 0.717) is 16.8 Å². The topological polar surface area (TPSA) is 82.5 Å². The maximum Gasteiger partial charge on any atom is 0.216 e. The van der Waals surface area contributed by atoms with Gasteiger partial charge < -0.3 is 5.84 Å². The first-order valence-corrected chi connectivity index (χ1v) is 11.2. The molecule has 0 fully saturated rings. The van der Waals surface area contributed by atoms with Crippen LogP contribution in [0.25, 0.3) is 22.4 Å². The summed E-state index contributed by atoms with van der Waals surface area (Å²) < 4.78 is 1.51. The molecule has 29 heavy (non-hydrogen) atoms. The molecular formula is C21H20N6S2. The number of aryl methyl sites for hydroxylation is 3. The van der Waals surface area contributed by atoms with Crippen LogP contribution in [0.3, 0.4) is 0 Å². The molecule has 146 valence electrons. The molecule has 0 radical (unpaired) electrons. The van der Waals surface area contributed by atoms with Crippen LogP contribution in [-0.4, -0.2) is 24.8 Å². The van der Waals surface area contributed by atoms with E-state index in [1.165, 1.54) is 39.7 Å². The van der Waals surface area contributed by atoms with Gasteiger partial charge in [-0.3, -0.25) is 0 Å². The summed E-state index contributed by atoms with van der Waals surface area (Å²) in [4.78, 5) is 12.2. The maximum absolute atomic E-state index is 6.10. The first kappa shape index (κ1) is 18.3. The Morgan fingerprint density at radius 3 is 2.69 bits per heavy atom. The van der Waals surface area contributed by atoms with Gasteiger partial charge in [-0.2, -0.15) is 0 Å². The summed E-state index contributed by atoms with van der Waals surface area (Å²) in [6.07, 6.45) is 8.67. The molecule has 3 aromatic heterocycles. The first-order chi connectivity index (χ1) is 14.2. The van der Waals surface area contributed by atoms with Gasteiger partial charge in [-0.15, -0.1) is 21.5 Å². The highest BCUT2D eigenvalue weighted by Crippen LogP contribution is 2.41. The molecule has 0 atom stereocenters.